The SMILES string of the molecule is CSc1nc(C(C)C)nc(C)c1C(=O)Nc1cccc(C#Cc2ccccn2)c1. The number of rotatable bonds is 4. The van der Waals surface area contributed by atoms with Crippen LogP contribution in [0.1, 0.15) is 52.9 Å². The summed E-state index contributed by atoms with van der Waals surface area (Å²) in [6.45, 7) is 5.92. The maximum Gasteiger partial charge on any atom is 0.260 e. The molecule has 3 rings (SSSR count). The molecular formula is C23H22N4OS. The fourth-order valence-electron chi connectivity index (χ4n) is 2.68. The summed E-state index contributed by atoms with van der Waals surface area (Å²) >= 11 is 1.45. The highest BCUT2D eigenvalue weighted by molar-refractivity contribution is 7.98. The van der Waals surface area contributed by atoms with Crippen molar-refractivity contribution >= 4 is 23.4 Å². The number of nitrogens with zero attached hydrogens (tertiary/aromatic N) is 3. The van der Waals surface area contributed by atoms with Crippen LogP contribution in [0, 0.1) is 18.8 Å². The van der Waals surface area contributed by atoms with Crippen LogP contribution < -0.4 is 5.32 Å². The van der Waals surface area contributed by atoms with Crippen LogP contribution in [-0.2, 0) is 0 Å². The largest absolute Gasteiger partial charge is 0.322 e. The van der Waals surface area contributed by atoms with Crippen LogP contribution in [0.25, 0.3) is 0 Å². The minimum atomic E-state index is -0.225. The molecule has 0 saturated carbocycles. The Hall–Kier alpha value is -3.17. The molecule has 0 unspecified atom stereocenters. The third-order valence-corrected chi connectivity index (χ3v) is 4.81. The molecule has 0 bridgehead atoms. The van der Waals surface area contributed by atoms with E-state index in [2.05, 4.69) is 32.1 Å². The van der Waals surface area contributed by atoms with E-state index < -0.39 is 0 Å². The molecule has 3 aromatic rings. The van der Waals surface area contributed by atoms with Gasteiger partial charge in [0.25, 0.3) is 5.91 Å². The van der Waals surface area contributed by atoms with E-state index in [9.17, 15) is 4.79 Å². The number of pyridine rings is 1. The Balaban J connectivity index is 1.84. The van der Waals surface area contributed by atoms with Gasteiger partial charge in [0, 0.05) is 23.4 Å². The third kappa shape index (κ3) is 5.21. The van der Waals surface area contributed by atoms with Gasteiger partial charge in [-0.05, 0) is 49.4 Å². The molecule has 2 aromatic heterocycles. The Bertz CT molecular complexity index is 1090. The van der Waals surface area contributed by atoms with Gasteiger partial charge in [-0.1, -0.05) is 31.9 Å². The average molecular weight is 403 g/mol. The predicted molar refractivity (Wildman–Crippen MR) is 117 cm³/mol. The number of hydrogen-bond acceptors (Lipinski definition) is 5. The summed E-state index contributed by atoms with van der Waals surface area (Å²) in [4.78, 5) is 26.2. The minimum Gasteiger partial charge on any atom is -0.322 e. The maximum absolute atomic E-state index is 12.9. The standard InChI is InChI=1S/C23H22N4OS/c1-15(2)21-25-16(3)20(23(27-21)29-4)22(28)26-19-10-7-8-17(14-19)11-12-18-9-5-6-13-24-18/h5-10,13-15H,1-4H3,(H,26,28). The lowest BCUT2D eigenvalue weighted by molar-refractivity contribution is 0.102. The summed E-state index contributed by atoms with van der Waals surface area (Å²) in [6, 6.07) is 13.0. The molecule has 0 spiro atoms. The van der Waals surface area contributed by atoms with Gasteiger partial charge in [0.15, 0.2) is 0 Å². The number of nitrogens with one attached hydrogen (secondary N) is 1. The summed E-state index contributed by atoms with van der Waals surface area (Å²) in [5.41, 5.74) is 3.34. The molecule has 0 atom stereocenters. The monoisotopic (exact) mass is 402 g/mol. The van der Waals surface area contributed by atoms with Crippen LogP contribution in [0.15, 0.2) is 53.7 Å². The Morgan fingerprint density at radius 2 is 1.93 bits per heavy atom. The first-order chi connectivity index (χ1) is 14.0. The van der Waals surface area contributed by atoms with Crippen molar-refractivity contribution < 1.29 is 4.79 Å². The van der Waals surface area contributed by atoms with E-state index >= 15 is 0 Å². The number of thioether (sulfide) groups is 1. The van der Waals surface area contributed by atoms with Gasteiger partial charge in [0.05, 0.1) is 11.3 Å². The van der Waals surface area contributed by atoms with E-state index in [-0.39, 0.29) is 11.8 Å². The number of carbonyl (C=O) groups excluding carboxylic acids is 1. The molecule has 5 nitrogen and oxygen atoms in total. The number of aryl methyl sites for hydroxylation is 1. The van der Waals surface area contributed by atoms with E-state index in [0.717, 1.165) is 11.4 Å². The average Bonchev–Trinajstić information content (AvgIpc) is 2.72. The van der Waals surface area contributed by atoms with E-state index in [4.69, 9.17) is 0 Å². The summed E-state index contributed by atoms with van der Waals surface area (Å²) in [5.74, 6) is 6.82. The molecule has 0 aliphatic carbocycles. The number of carbonyl (C=O) groups is 1. The van der Waals surface area contributed by atoms with E-state index in [1.807, 2.05) is 69.5 Å². The van der Waals surface area contributed by atoms with Crippen LogP contribution >= 0.6 is 11.8 Å². The molecule has 0 fully saturated rings. The van der Waals surface area contributed by atoms with Crippen molar-refractivity contribution in [3.05, 3.63) is 77.0 Å². The molecule has 29 heavy (non-hydrogen) atoms. The fraction of sp³-hybridized carbons (Fsp3) is 0.217. The van der Waals surface area contributed by atoms with Crippen molar-refractivity contribution in [3.63, 3.8) is 0 Å². The number of anilines is 1. The highest BCUT2D eigenvalue weighted by Crippen LogP contribution is 2.24. The first kappa shape index (κ1) is 20.6. The van der Waals surface area contributed by atoms with Gasteiger partial charge in [-0.25, -0.2) is 15.0 Å². The van der Waals surface area contributed by atoms with Gasteiger partial charge in [-0.3, -0.25) is 4.79 Å². The van der Waals surface area contributed by atoms with Crippen molar-refractivity contribution in [2.45, 2.75) is 31.7 Å². The Labute approximate surface area is 175 Å². The highest BCUT2D eigenvalue weighted by atomic mass is 32.2. The quantitative estimate of drug-likeness (QED) is 0.390. The fourth-order valence-corrected chi connectivity index (χ4v) is 3.31. The lowest BCUT2D eigenvalue weighted by Crippen LogP contribution is -2.17. The second-order valence-corrected chi connectivity index (χ2v) is 7.50. The Morgan fingerprint density at radius 1 is 1.10 bits per heavy atom. The zero-order chi connectivity index (χ0) is 20.8. The normalized spacial score (nSPS) is 10.4. The summed E-state index contributed by atoms with van der Waals surface area (Å²) < 4.78 is 0. The first-order valence-electron chi connectivity index (χ1n) is 9.25. The van der Waals surface area contributed by atoms with Crippen LogP contribution in [0.4, 0.5) is 5.69 Å². The van der Waals surface area contributed by atoms with Gasteiger partial charge in [-0.15, -0.1) is 11.8 Å². The topological polar surface area (TPSA) is 67.8 Å². The second-order valence-electron chi connectivity index (χ2n) is 6.71. The first-order valence-corrected chi connectivity index (χ1v) is 10.5. The highest BCUT2D eigenvalue weighted by Gasteiger charge is 2.19. The van der Waals surface area contributed by atoms with Gasteiger partial charge in [-0.2, -0.15) is 0 Å². The molecule has 0 aliphatic heterocycles. The summed E-state index contributed by atoms with van der Waals surface area (Å²) in [5, 5.41) is 3.63. The zero-order valence-corrected chi connectivity index (χ0v) is 17.7. The van der Waals surface area contributed by atoms with Gasteiger partial charge < -0.3 is 5.32 Å². The molecule has 6 heteroatoms. The number of hydrogen-bond donors (Lipinski definition) is 1. The van der Waals surface area contributed by atoms with E-state index in [1.54, 1.807) is 6.20 Å². The van der Waals surface area contributed by atoms with Crippen molar-refractivity contribution in [2.24, 2.45) is 0 Å². The molecule has 146 valence electrons. The van der Waals surface area contributed by atoms with Crippen LogP contribution in [0.5, 0.6) is 0 Å². The van der Waals surface area contributed by atoms with Crippen LogP contribution in [0.2, 0.25) is 0 Å². The Morgan fingerprint density at radius 3 is 2.62 bits per heavy atom. The lowest BCUT2D eigenvalue weighted by atomic mass is 10.1. The van der Waals surface area contributed by atoms with Gasteiger partial charge in [0.2, 0.25) is 0 Å². The molecule has 1 aromatic carbocycles. The van der Waals surface area contributed by atoms with Gasteiger partial charge in [0.1, 0.15) is 16.5 Å². The molecule has 0 saturated heterocycles. The molecular weight excluding hydrogens is 380 g/mol. The van der Waals surface area contributed by atoms with Crippen molar-refractivity contribution in [1.82, 2.24) is 15.0 Å². The molecule has 0 aliphatic rings. The molecule has 1 amide bonds. The van der Waals surface area contributed by atoms with Gasteiger partial charge >= 0.3 is 0 Å². The zero-order valence-electron chi connectivity index (χ0n) is 16.9. The lowest BCUT2D eigenvalue weighted by Gasteiger charge is -2.13. The second kappa shape index (κ2) is 9.35. The van der Waals surface area contributed by atoms with Crippen molar-refractivity contribution in [1.29, 1.82) is 0 Å². The van der Waals surface area contributed by atoms with Crippen molar-refractivity contribution in [3.8, 4) is 11.8 Å². The predicted octanol–water partition coefficient (Wildman–Crippen LogP) is 4.68. The van der Waals surface area contributed by atoms with Crippen molar-refractivity contribution in [2.75, 3.05) is 11.6 Å². The van der Waals surface area contributed by atoms with E-state index in [0.29, 0.717) is 27.7 Å². The van der Waals surface area contributed by atoms with Crippen LogP contribution in [0.3, 0.4) is 0 Å². The smallest absolute Gasteiger partial charge is 0.260 e. The number of aromatic nitrogens is 3. The Kier molecular flexibility index (Phi) is 6.63. The minimum absolute atomic E-state index is 0.200. The third-order valence-electron chi connectivity index (χ3n) is 4.13. The molecule has 1 N–H and O–H groups in total. The summed E-state index contributed by atoms with van der Waals surface area (Å²) in [7, 11) is 0. The number of amides is 1. The number of benzene rings is 1. The maximum atomic E-state index is 12.9. The van der Waals surface area contributed by atoms with Crippen LogP contribution in [-0.4, -0.2) is 27.1 Å². The molecule has 2 heterocycles. The van der Waals surface area contributed by atoms with E-state index in [1.165, 1.54) is 11.8 Å². The summed E-state index contributed by atoms with van der Waals surface area (Å²) in [6.07, 6.45) is 3.62. The molecule has 0 radical (unpaired) electrons.